The van der Waals surface area contributed by atoms with E-state index < -0.39 is 0 Å². The molecule has 0 aromatic heterocycles. The summed E-state index contributed by atoms with van der Waals surface area (Å²) in [5.74, 6) is 1.46. The minimum absolute atomic E-state index is 0.276. The van der Waals surface area contributed by atoms with Crippen molar-refractivity contribution in [3.05, 3.63) is 29.3 Å². The number of aryl methyl sites for hydroxylation is 1. The minimum atomic E-state index is 0.276. The van der Waals surface area contributed by atoms with Crippen LogP contribution >= 0.6 is 0 Å². The van der Waals surface area contributed by atoms with Crippen LogP contribution < -0.4 is 10.1 Å². The first-order valence-electron chi connectivity index (χ1n) is 7.25. The quantitative estimate of drug-likeness (QED) is 0.829. The Kier molecular flexibility index (Phi) is 5.23. The predicted octanol–water partition coefficient (Wildman–Crippen LogP) is 2.68. The Morgan fingerprint density at radius 1 is 1.47 bits per heavy atom. The van der Waals surface area contributed by atoms with Gasteiger partial charge in [-0.05, 0) is 61.4 Å². The molecule has 1 aliphatic rings. The summed E-state index contributed by atoms with van der Waals surface area (Å²) in [6.45, 7) is 3.42. The molecule has 106 valence electrons. The van der Waals surface area contributed by atoms with Gasteiger partial charge in [0.25, 0.3) is 0 Å². The van der Waals surface area contributed by atoms with Gasteiger partial charge in [0.1, 0.15) is 5.75 Å². The molecule has 3 heteroatoms. The van der Waals surface area contributed by atoms with Crippen molar-refractivity contribution in [1.82, 2.24) is 5.32 Å². The first-order chi connectivity index (χ1) is 9.24. The van der Waals surface area contributed by atoms with E-state index >= 15 is 0 Å². The van der Waals surface area contributed by atoms with E-state index in [-0.39, 0.29) is 6.61 Å². The lowest BCUT2D eigenvalue weighted by atomic mass is 9.87. The van der Waals surface area contributed by atoms with Crippen LogP contribution in [0.3, 0.4) is 0 Å². The van der Waals surface area contributed by atoms with Gasteiger partial charge in [0.15, 0.2) is 0 Å². The normalized spacial score (nSPS) is 19.8. The molecule has 0 saturated heterocycles. The van der Waals surface area contributed by atoms with Crippen LogP contribution in [0.25, 0.3) is 0 Å². The van der Waals surface area contributed by atoms with Gasteiger partial charge in [0.2, 0.25) is 0 Å². The summed E-state index contributed by atoms with van der Waals surface area (Å²) < 4.78 is 5.33. The highest BCUT2D eigenvalue weighted by molar-refractivity contribution is 5.39. The Balaban J connectivity index is 2.04. The van der Waals surface area contributed by atoms with Gasteiger partial charge < -0.3 is 15.2 Å². The second-order valence-electron chi connectivity index (χ2n) is 5.54. The fraction of sp³-hybridized carbons (Fsp3) is 0.625. The summed E-state index contributed by atoms with van der Waals surface area (Å²) in [7, 11) is 1.72. The van der Waals surface area contributed by atoms with E-state index in [1.165, 1.54) is 30.4 Å². The van der Waals surface area contributed by atoms with E-state index in [0.717, 1.165) is 18.7 Å². The van der Waals surface area contributed by atoms with Gasteiger partial charge in [-0.25, -0.2) is 0 Å². The van der Waals surface area contributed by atoms with Crippen molar-refractivity contribution >= 4 is 0 Å². The minimum Gasteiger partial charge on any atom is -0.497 e. The molecule has 19 heavy (non-hydrogen) atoms. The van der Waals surface area contributed by atoms with Gasteiger partial charge in [-0.1, -0.05) is 13.0 Å². The van der Waals surface area contributed by atoms with Crippen LogP contribution in [0.5, 0.6) is 5.75 Å². The van der Waals surface area contributed by atoms with Gasteiger partial charge in [-0.2, -0.15) is 0 Å². The van der Waals surface area contributed by atoms with Gasteiger partial charge in [-0.15, -0.1) is 0 Å². The number of nitrogens with one attached hydrogen (secondary N) is 1. The third-order valence-electron chi connectivity index (χ3n) is 4.00. The van der Waals surface area contributed by atoms with Crippen LogP contribution in [0.15, 0.2) is 18.2 Å². The molecule has 2 rings (SSSR count). The maximum absolute atomic E-state index is 8.96. The van der Waals surface area contributed by atoms with E-state index in [9.17, 15) is 0 Å². The number of rotatable bonds is 6. The number of benzene rings is 1. The van der Waals surface area contributed by atoms with Crippen LogP contribution in [-0.2, 0) is 6.42 Å². The smallest absolute Gasteiger partial charge is 0.119 e. The number of hydrogen-bond donors (Lipinski definition) is 2. The summed E-state index contributed by atoms with van der Waals surface area (Å²) in [5.41, 5.74) is 2.83. The molecule has 2 N–H and O–H groups in total. The lowest BCUT2D eigenvalue weighted by Gasteiger charge is -2.28. The van der Waals surface area contributed by atoms with E-state index in [1.807, 2.05) is 0 Å². The topological polar surface area (TPSA) is 41.5 Å². The lowest BCUT2D eigenvalue weighted by Crippen LogP contribution is -2.29. The highest BCUT2D eigenvalue weighted by atomic mass is 16.5. The molecule has 1 aliphatic carbocycles. The highest BCUT2D eigenvalue weighted by Crippen LogP contribution is 2.32. The Labute approximate surface area is 116 Å². The van der Waals surface area contributed by atoms with Crippen LogP contribution in [-0.4, -0.2) is 25.4 Å². The van der Waals surface area contributed by atoms with E-state index in [4.69, 9.17) is 9.84 Å². The van der Waals surface area contributed by atoms with Crippen LogP contribution in [0, 0.1) is 5.92 Å². The molecule has 0 amide bonds. The standard InChI is InChI=1S/C16H25NO2/c1-12(8-9-18)11-17-16-5-3-4-13-6-7-14(19-2)10-15(13)16/h6-7,10,12,16-18H,3-5,8-9,11H2,1-2H3. The average molecular weight is 263 g/mol. The summed E-state index contributed by atoms with van der Waals surface area (Å²) in [4.78, 5) is 0. The van der Waals surface area contributed by atoms with Crippen LogP contribution in [0.2, 0.25) is 0 Å². The molecular weight excluding hydrogens is 238 g/mol. The van der Waals surface area contributed by atoms with Gasteiger partial charge in [0, 0.05) is 12.6 Å². The van der Waals surface area contributed by atoms with Crippen LogP contribution in [0.4, 0.5) is 0 Å². The highest BCUT2D eigenvalue weighted by Gasteiger charge is 2.20. The summed E-state index contributed by atoms with van der Waals surface area (Å²) >= 11 is 0. The van der Waals surface area contributed by atoms with E-state index in [2.05, 4.69) is 30.4 Å². The molecular formula is C16H25NO2. The van der Waals surface area contributed by atoms with Crippen LogP contribution in [0.1, 0.15) is 43.4 Å². The molecule has 2 atom stereocenters. The SMILES string of the molecule is COc1ccc2c(c1)C(NCC(C)CCO)CCC2. The molecule has 0 radical (unpaired) electrons. The lowest BCUT2D eigenvalue weighted by molar-refractivity contribution is 0.256. The maximum atomic E-state index is 8.96. The number of ether oxygens (including phenoxy) is 1. The maximum Gasteiger partial charge on any atom is 0.119 e. The van der Waals surface area contributed by atoms with Crippen molar-refractivity contribution in [1.29, 1.82) is 0 Å². The Morgan fingerprint density at radius 3 is 3.05 bits per heavy atom. The van der Waals surface area contributed by atoms with Crippen molar-refractivity contribution < 1.29 is 9.84 Å². The predicted molar refractivity (Wildman–Crippen MR) is 77.5 cm³/mol. The monoisotopic (exact) mass is 263 g/mol. The van der Waals surface area contributed by atoms with E-state index in [1.54, 1.807) is 7.11 Å². The molecule has 2 unspecified atom stereocenters. The molecule has 0 heterocycles. The van der Waals surface area contributed by atoms with Crippen molar-refractivity contribution in [3.63, 3.8) is 0 Å². The second-order valence-corrected chi connectivity index (χ2v) is 5.54. The number of hydrogen-bond acceptors (Lipinski definition) is 3. The van der Waals surface area contributed by atoms with Gasteiger partial charge >= 0.3 is 0 Å². The van der Waals surface area contributed by atoms with Gasteiger partial charge in [-0.3, -0.25) is 0 Å². The average Bonchev–Trinajstić information content (AvgIpc) is 2.44. The number of methoxy groups -OCH3 is 1. The molecule has 1 aromatic rings. The zero-order valence-electron chi connectivity index (χ0n) is 12.0. The molecule has 3 nitrogen and oxygen atoms in total. The molecule has 0 fully saturated rings. The summed E-state index contributed by atoms with van der Waals surface area (Å²) in [6.07, 6.45) is 4.46. The molecule has 0 aliphatic heterocycles. The van der Waals surface area contributed by atoms with Crippen molar-refractivity contribution in [2.45, 2.75) is 38.6 Å². The Bertz CT molecular complexity index is 406. The zero-order chi connectivity index (χ0) is 13.7. The molecule has 0 spiro atoms. The largest absolute Gasteiger partial charge is 0.497 e. The molecule has 0 saturated carbocycles. The fourth-order valence-corrected chi connectivity index (χ4v) is 2.78. The number of aliphatic hydroxyl groups is 1. The van der Waals surface area contributed by atoms with E-state index in [0.29, 0.717) is 12.0 Å². The molecule has 1 aromatic carbocycles. The third kappa shape index (κ3) is 3.71. The first kappa shape index (κ1) is 14.4. The second kappa shape index (κ2) is 6.92. The van der Waals surface area contributed by atoms with Crippen molar-refractivity contribution in [2.75, 3.05) is 20.3 Å². The Morgan fingerprint density at radius 2 is 2.32 bits per heavy atom. The summed E-state index contributed by atoms with van der Waals surface area (Å²) in [5, 5.41) is 12.6. The summed E-state index contributed by atoms with van der Waals surface area (Å²) in [6, 6.07) is 6.84. The number of aliphatic hydroxyl groups excluding tert-OH is 1. The number of fused-ring (bicyclic) bond motifs is 1. The Hall–Kier alpha value is -1.06. The first-order valence-corrected chi connectivity index (χ1v) is 7.25. The van der Waals surface area contributed by atoms with Gasteiger partial charge in [0.05, 0.1) is 7.11 Å². The van der Waals surface area contributed by atoms with Crippen molar-refractivity contribution in [3.8, 4) is 5.75 Å². The third-order valence-corrected chi connectivity index (χ3v) is 4.00. The zero-order valence-corrected chi connectivity index (χ0v) is 12.0. The molecule has 0 bridgehead atoms. The fourth-order valence-electron chi connectivity index (χ4n) is 2.78. The van der Waals surface area contributed by atoms with Crippen molar-refractivity contribution in [2.24, 2.45) is 5.92 Å².